The van der Waals surface area contributed by atoms with Gasteiger partial charge in [-0.25, -0.2) is 0 Å². The normalized spacial score (nSPS) is 14.5. The monoisotopic (exact) mass is 218 g/mol. The first-order valence-corrected chi connectivity index (χ1v) is 5.12. The van der Waals surface area contributed by atoms with Gasteiger partial charge in [0, 0.05) is 5.69 Å². The highest BCUT2D eigenvalue weighted by molar-refractivity contribution is 6.05. The molecule has 0 bridgehead atoms. The molecule has 0 radical (unpaired) electrons. The van der Waals surface area contributed by atoms with Crippen LogP contribution in [0.15, 0.2) is 23.2 Å². The lowest BCUT2D eigenvalue weighted by Gasteiger charge is -2.07. The van der Waals surface area contributed by atoms with Gasteiger partial charge in [0.1, 0.15) is 0 Å². The predicted octanol–water partition coefficient (Wildman–Crippen LogP) is 0.560. The number of nitrogens with zero attached hydrogens (tertiary/aromatic N) is 1. The molecular weight excluding hydrogens is 204 g/mol. The van der Waals surface area contributed by atoms with Crippen molar-refractivity contribution in [2.24, 2.45) is 16.5 Å². The van der Waals surface area contributed by atoms with Gasteiger partial charge in [0.25, 0.3) is 5.91 Å². The Labute approximate surface area is 93.3 Å². The Kier molecular flexibility index (Phi) is 2.52. The minimum Gasteiger partial charge on any atom is -0.398 e. The van der Waals surface area contributed by atoms with Gasteiger partial charge in [0.2, 0.25) is 0 Å². The lowest BCUT2D eigenvalue weighted by Crippen LogP contribution is -2.24. The third kappa shape index (κ3) is 1.98. The number of benzene rings is 1. The largest absolute Gasteiger partial charge is 0.398 e. The van der Waals surface area contributed by atoms with E-state index < -0.39 is 5.91 Å². The Morgan fingerprint density at radius 1 is 1.31 bits per heavy atom. The molecule has 1 aromatic rings. The van der Waals surface area contributed by atoms with Gasteiger partial charge in [-0.1, -0.05) is 12.1 Å². The lowest BCUT2D eigenvalue weighted by atomic mass is 10.0. The van der Waals surface area contributed by atoms with E-state index in [1.165, 1.54) is 0 Å². The van der Waals surface area contributed by atoms with E-state index in [4.69, 9.17) is 17.2 Å². The number of carbonyl (C=O) groups is 1. The van der Waals surface area contributed by atoms with Gasteiger partial charge in [-0.3, -0.25) is 4.79 Å². The second-order valence-electron chi connectivity index (χ2n) is 3.92. The molecule has 0 unspecified atom stereocenters. The Balaban J connectivity index is 2.37. The van der Waals surface area contributed by atoms with Gasteiger partial charge < -0.3 is 17.2 Å². The van der Waals surface area contributed by atoms with E-state index in [9.17, 15) is 4.79 Å². The summed E-state index contributed by atoms with van der Waals surface area (Å²) >= 11 is 0. The molecule has 0 heterocycles. The van der Waals surface area contributed by atoms with E-state index in [1.807, 2.05) is 6.07 Å². The molecule has 6 N–H and O–H groups in total. The third-order valence-corrected chi connectivity index (χ3v) is 2.62. The SMILES string of the molecule is NC(N)=NC(=O)c1cccc(C2CC2)c1N. The standard InChI is InChI=1S/C11H14N4O/c12-9-7(6-4-5-6)2-1-3-8(9)10(16)15-11(13)14/h1-3,6H,4-5,12H2,(H4,13,14,15,16). The molecule has 0 atom stereocenters. The maximum atomic E-state index is 11.6. The zero-order valence-electron chi connectivity index (χ0n) is 8.81. The number of guanidine groups is 1. The predicted molar refractivity (Wildman–Crippen MR) is 63.0 cm³/mol. The quantitative estimate of drug-likeness (QED) is 0.383. The molecular formula is C11H14N4O. The summed E-state index contributed by atoms with van der Waals surface area (Å²) in [7, 11) is 0. The highest BCUT2D eigenvalue weighted by Crippen LogP contribution is 2.43. The molecule has 1 aliphatic rings. The van der Waals surface area contributed by atoms with Crippen LogP contribution in [0.3, 0.4) is 0 Å². The van der Waals surface area contributed by atoms with Crippen LogP contribution < -0.4 is 17.2 Å². The fourth-order valence-corrected chi connectivity index (χ4v) is 1.70. The summed E-state index contributed by atoms with van der Waals surface area (Å²) in [5.74, 6) is -0.242. The average Bonchev–Trinajstić information content (AvgIpc) is 3.00. The van der Waals surface area contributed by atoms with Crippen molar-refractivity contribution in [1.29, 1.82) is 0 Å². The summed E-state index contributed by atoms with van der Waals surface area (Å²) in [4.78, 5) is 15.1. The minimum atomic E-state index is -0.486. The number of aliphatic imine (C=N–C) groups is 1. The summed E-state index contributed by atoms with van der Waals surface area (Å²) in [5.41, 5.74) is 18.1. The second kappa shape index (κ2) is 3.84. The molecule has 0 saturated heterocycles. The molecule has 0 aliphatic heterocycles. The Bertz CT molecular complexity index is 459. The van der Waals surface area contributed by atoms with Crippen molar-refractivity contribution in [3.63, 3.8) is 0 Å². The smallest absolute Gasteiger partial charge is 0.282 e. The average molecular weight is 218 g/mol. The van der Waals surface area contributed by atoms with Crippen molar-refractivity contribution < 1.29 is 4.79 Å². The van der Waals surface area contributed by atoms with Gasteiger partial charge in [0.05, 0.1) is 5.56 Å². The molecule has 0 spiro atoms. The topological polar surface area (TPSA) is 107 Å². The van der Waals surface area contributed by atoms with E-state index in [-0.39, 0.29) is 5.96 Å². The second-order valence-corrected chi connectivity index (χ2v) is 3.92. The number of hydrogen-bond donors (Lipinski definition) is 3. The van der Waals surface area contributed by atoms with Gasteiger partial charge in [-0.05, 0) is 30.4 Å². The molecule has 2 rings (SSSR count). The summed E-state index contributed by atoms with van der Waals surface area (Å²) in [6.07, 6.45) is 2.26. The molecule has 84 valence electrons. The van der Waals surface area contributed by atoms with Crippen molar-refractivity contribution in [2.45, 2.75) is 18.8 Å². The molecule has 1 saturated carbocycles. The highest BCUT2D eigenvalue weighted by Gasteiger charge is 2.27. The fraction of sp³-hybridized carbons (Fsp3) is 0.273. The van der Waals surface area contributed by atoms with E-state index in [2.05, 4.69) is 4.99 Å². The van der Waals surface area contributed by atoms with Crippen LogP contribution in [0.4, 0.5) is 5.69 Å². The number of hydrogen-bond acceptors (Lipinski definition) is 2. The third-order valence-electron chi connectivity index (χ3n) is 2.62. The number of rotatable bonds is 2. The van der Waals surface area contributed by atoms with Crippen molar-refractivity contribution in [2.75, 3.05) is 5.73 Å². The van der Waals surface area contributed by atoms with Crippen molar-refractivity contribution in [3.8, 4) is 0 Å². The van der Waals surface area contributed by atoms with Crippen LogP contribution in [0.1, 0.15) is 34.7 Å². The first-order chi connectivity index (χ1) is 7.59. The summed E-state index contributed by atoms with van der Waals surface area (Å²) in [6, 6.07) is 5.38. The molecule has 5 nitrogen and oxygen atoms in total. The molecule has 16 heavy (non-hydrogen) atoms. The zero-order valence-corrected chi connectivity index (χ0v) is 8.81. The van der Waals surface area contributed by atoms with Crippen molar-refractivity contribution in [1.82, 2.24) is 0 Å². The van der Waals surface area contributed by atoms with Gasteiger partial charge in [-0.15, -0.1) is 0 Å². The minimum absolute atomic E-state index is 0.249. The van der Waals surface area contributed by atoms with Crippen LogP contribution >= 0.6 is 0 Å². The Morgan fingerprint density at radius 2 is 2.00 bits per heavy atom. The van der Waals surface area contributed by atoms with Crippen LogP contribution in [-0.2, 0) is 0 Å². The van der Waals surface area contributed by atoms with Gasteiger partial charge in [-0.2, -0.15) is 4.99 Å². The van der Waals surface area contributed by atoms with E-state index in [1.54, 1.807) is 12.1 Å². The number of nitrogen functional groups attached to an aromatic ring is 1. The lowest BCUT2D eigenvalue weighted by molar-refractivity contribution is 0.100. The molecule has 1 amide bonds. The summed E-state index contributed by atoms with van der Waals surface area (Å²) in [6.45, 7) is 0. The number of nitrogens with two attached hydrogens (primary N) is 3. The molecule has 5 heteroatoms. The number of para-hydroxylation sites is 1. The maximum absolute atomic E-state index is 11.6. The molecule has 0 aromatic heterocycles. The first-order valence-electron chi connectivity index (χ1n) is 5.12. The first kappa shape index (κ1) is 10.5. The van der Waals surface area contributed by atoms with Crippen molar-refractivity contribution in [3.05, 3.63) is 29.3 Å². The van der Waals surface area contributed by atoms with Gasteiger partial charge in [0.15, 0.2) is 5.96 Å². The van der Waals surface area contributed by atoms with Crippen LogP contribution in [-0.4, -0.2) is 11.9 Å². The van der Waals surface area contributed by atoms with Crippen LogP contribution in [0.5, 0.6) is 0 Å². The Hall–Kier alpha value is -2.04. The van der Waals surface area contributed by atoms with Crippen LogP contribution in [0.2, 0.25) is 0 Å². The van der Waals surface area contributed by atoms with Crippen molar-refractivity contribution >= 4 is 17.6 Å². The zero-order chi connectivity index (χ0) is 11.7. The summed E-state index contributed by atoms with van der Waals surface area (Å²) in [5, 5.41) is 0. The molecule has 1 aliphatic carbocycles. The number of amides is 1. The van der Waals surface area contributed by atoms with E-state index >= 15 is 0 Å². The van der Waals surface area contributed by atoms with Crippen LogP contribution in [0, 0.1) is 0 Å². The summed E-state index contributed by atoms with van der Waals surface area (Å²) < 4.78 is 0. The fourth-order valence-electron chi connectivity index (χ4n) is 1.70. The van der Waals surface area contributed by atoms with E-state index in [0.29, 0.717) is 17.2 Å². The number of anilines is 1. The molecule has 1 aromatic carbocycles. The number of carbonyl (C=O) groups excluding carboxylic acids is 1. The van der Waals surface area contributed by atoms with Crippen LogP contribution in [0.25, 0.3) is 0 Å². The maximum Gasteiger partial charge on any atom is 0.282 e. The van der Waals surface area contributed by atoms with E-state index in [0.717, 1.165) is 18.4 Å². The van der Waals surface area contributed by atoms with Gasteiger partial charge >= 0.3 is 0 Å². The Morgan fingerprint density at radius 3 is 2.56 bits per heavy atom. The molecule has 1 fully saturated rings. The highest BCUT2D eigenvalue weighted by atomic mass is 16.1.